The van der Waals surface area contributed by atoms with Crippen LogP contribution in [0.15, 0.2) is 40.2 Å². The summed E-state index contributed by atoms with van der Waals surface area (Å²) in [5, 5.41) is 1.88. The summed E-state index contributed by atoms with van der Waals surface area (Å²) in [6, 6.07) is 9.14. The van der Waals surface area contributed by atoms with E-state index < -0.39 is 0 Å². The second kappa shape index (κ2) is 4.89. The zero-order valence-electron chi connectivity index (χ0n) is 9.18. The van der Waals surface area contributed by atoms with Crippen LogP contribution < -0.4 is 10.6 Å². The Hall–Kier alpha value is -1.33. The third-order valence-electron chi connectivity index (χ3n) is 2.39. The van der Waals surface area contributed by atoms with Gasteiger partial charge in [0.2, 0.25) is 0 Å². The molecule has 0 atom stereocenters. The first kappa shape index (κ1) is 12.1. The van der Waals surface area contributed by atoms with E-state index in [1.807, 2.05) is 23.6 Å². The van der Waals surface area contributed by atoms with Crippen molar-refractivity contribution < 1.29 is 4.79 Å². The molecule has 88 valence electrons. The van der Waals surface area contributed by atoms with Crippen LogP contribution in [0.5, 0.6) is 0 Å². The molecule has 0 aliphatic carbocycles. The topological polar surface area (TPSA) is 46.3 Å². The Balaban J connectivity index is 2.31. The summed E-state index contributed by atoms with van der Waals surface area (Å²) in [6.45, 7) is 0. The maximum absolute atomic E-state index is 12.1. The molecule has 2 N–H and O–H groups in total. The number of thiophene rings is 1. The Morgan fingerprint density at radius 2 is 2.18 bits per heavy atom. The maximum Gasteiger partial charge on any atom is 0.268 e. The first-order valence-electron chi connectivity index (χ1n) is 4.96. The number of nitrogen functional groups attached to an aromatic ring is 1. The number of nitrogens with two attached hydrogens (primary N) is 1. The number of amides is 1. The van der Waals surface area contributed by atoms with Crippen LogP contribution in [0.2, 0.25) is 0 Å². The average molecular weight is 311 g/mol. The molecular weight excluding hydrogens is 300 g/mol. The molecule has 5 heteroatoms. The molecule has 0 aliphatic heterocycles. The lowest BCUT2D eigenvalue weighted by Crippen LogP contribution is -2.26. The van der Waals surface area contributed by atoms with Gasteiger partial charge in [0.25, 0.3) is 5.91 Å². The van der Waals surface area contributed by atoms with Crippen molar-refractivity contribution in [1.82, 2.24) is 0 Å². The van der Waals surface area contributed by atoms with Gasteiger partial charge in [-0.25, -0.2) is 0 Å². The van der Waals surface area contributed by atoms with E-state index >= 15 is 0 Å². The summed E-state index contributed by atoms with van der Waals surface area (Å²) in [5.41, 5.74) is 7.18. The number of nitrogens with zero attached hydrogens (tertiary/aromatic N) is 1. The van der Waals surface area contributed by atoms with Gasteiger partial charge in [-0.05, 0) is 29.6 Å². The van der Waals surface area contributed by atoms with Crippen LogP contribution in [0.4, 0.5) is 11.4 Å². The number of hydrogen-bond donors (Lipinski definition) is 1. The maximum atomic E-state index is 12.1. The number of carbonyl (C=O) groups is 1. The third kappa shape index (κ3) is 2.50. The molecule has 2 rings (SSSR count). The molecule has 0 fully saturated rings. The number of hydrogen-bond acceptors (Lipinski definition) is 3. The van der Waals surface area contributed by atoms with Gasteiger partial charge < -0.3 is 10.6 Å². The summed E-state index contributed by atoms with van der Waals surface area (Å²) in [7, 11) is 1.72. The minimum absolute atomic E-state index is 0.0472. The molecule has 0 spiro atoms. The molecule has 3 nitrogen and oxygen atoms in total. The quantitative estimate of drug-likeness (QED) is 0.864. The van der Waals surface area contributed by atoms with E-state index in [0.717, 1.165) is 4.47 Å². The normalized spacial score (nSPS) is 10.2. The molecule has 0 unspecified atom stereocenters. The minimum atomic E-state index is -0.0472. The van der Waals surface area contributed by atoms with Crippen LogP contribution >= 0.6 is 27.3 Å². The largest absolute Gasteiger partial charge is 0.397 e. The van der Waals surface area contributed by atoms with Gasteiger partial charge in [-0.2, -0.15) is 0 Å². The molecule has 0 radical (unpaired) electrons. The molecule has 1 aromatic heterocycles. The van der Waals surface area contributed by atoms with Crippen molar-refractivity contribution in [2.45, 2.75) is 0 Å². The molecule has 1 heterocycles. The number of rotatable bonds is 2. The average Bonchev–Trinajstić information content (AvgIpc) is 2.80. The highest BCUT2D eigenvalue weighted by molar-refractivity contribution is 9.10. The summed E-state index contributed by atoms with van der Waals surface area (Å²) in [5.74, 6) is -0.0472. The first-order chi connectivity index (χ1) is 8.09. The summed E-state index contributed by atoms with van der Waals surface area (Å²) < 4.78 is 0.899. The van der Waals surface area contributed by atoms with Gasteiger partial charge in [0.05, 0.1) is 16.3 Å². The van der Waals surface area contributed by atoms with Crippen molar-refractivity contribution in [2.24, 2.45) is 0 Å². The van der Waals surface area contributed by atoms with E-state index in [2.05, 4.69) is 15.9 Å². The number of halogens is 1. The van der Waals surface area contributed by atoms with E-state index in [9.17, 15) is 4.79 Å². The highest BCUT2D eigenvalue weighted by Gasteiger charge is 2.16. The number of carbonyl (C=O) groups excluding carboxylic acids is 1. The predicted molar refractivity (Wildman–Crippen MR) is 75.6 cm³/mol. The van der Waals surface area contributed by atoms with Gasteiger partial charge in [0, 0.05) is 11.5 Å². The van der Waals surface area contributed by atoms with Crippen molar-refractivity contribution in [3.63, 3.8) is 0 Å². The Kier molecular flexibility index (Phi) is 3.49. The van der Waals surface area contributed by atoms with Crippen LogP contribution in [-0.2, 0) is 0 Å². The zero-order valence-corrected chi connectivity index (χ0v) is 11.6. The van der Waals surface area contributed by atoms with Crippen molar-refractivity contribution in [2.75, 3.05) is 17.7 Å². The molecule has 0 aliphatic rings. The fraction of sp³-hybridized carbons (Fsp3) is 0.0833. The molecule has 0 saturated heterocycles. The van der Waals surface area contributed by atoms with E-state index in [1.165, 1.54) is 11.3 Å². The van der Waals surface area contributed by atoms with Gasteiger partial charge in [0.1, 0.15) is 0 Å². The molecule has 1 amide bonds. The van der Waals surface area contributed by atoms with Crippen LogP contribution in [0.3, 0.4) is 0 Å². The van der Waals surface area contributed by atoms with Gasteiger partial charge in [-0.1, -0.05) is 22.0 Å². The van der Waals surface area contributed by atoms with Crippen LogP contribution in [-0.4, -0.2) is 13.0 Å². The van der Waals surface area contributed by atoms with E-state index in [-0.39, 0.29) is 5.91 Å². The molecule has 0 bridgehead atoms. The lowest BCUT2D eigenvalue weighted by atomic mass is 10.2. The van der Waals surface area contributed by atoms with Crippen molar-refractivity contribution in [3.05, 3.63) is 45.1 Å². The van der Waals surface area contributed by atoms with E-state index in [4.69, 9.17) is 5.73 Å². The SMILES string of the molecule is CN(C(=O)c1cccs1)c1ccc(Br)cc1N. The second-order valence-electron chi connectivity index (χ2n) is 3.54. The minimum Gasteiger partial charge on any atom is -0.397 e. The highest BCUT2D eigenvalue weighted by atomic mass is 79.9. The van der Waals surface area contributed by atoms with Gasteiger partial charge in [-0.15, -0.1) is 11.3 Å². The van der Waals surface area contributed by atoms with Gasteiger partial charge in [-0.3, -0.25) is 4.79 Å². The van der Waals surface area contributed by atoms with Crippen molar-refractivity contribution >= 4 is 44.5 Å². The molecule has 17 heavy (non-hydrogen) atoms. The Bertz CT molecular complexity index is 539. The lowest BCUT2D eigenvalue weighted by molar-refractivity contribution is 0.0997. The fourth-order valence-corrected chi connectivity index (χ4v) is 2.58. The molecule has 2 aromatic rings. The third-order valence-corrected chi connectivity index (χ3v) is 3.74. The van der Waals surface area contributed by atoms with E-state index in [0.29, 0.717) is 16.3 Å². The Morgan fingerprint density at radius 3 is 2.76 bits per heavy atom. The predicted octanol–water partition coefficient (Wildman–Crippen LogP) is 3.37. The number of anilines is 2. The molecule has 1 aromatic carbocycles. The summed E-state index contributed by atoms with van der Waals surface area (Å²) in [4.78, 5) is 14.4. The Morgan fingerprint density at radius 1 is 1.41 bits per heavy atom. The van der Waals surface area contributed by atoms with Crippen LogP contribution in [0.1, 0.15) is 9.67 Å². The lowest BCUT2D eigenvalue weighted by Gasteiger charge is -2.18. The standard InChI is InChI=1S/C12H11BrN2OS/c1-15(12(16)11-3-2-6-17-11)10-5-4-8(13)7-9(10)14/h2-7H,14H2,1H3. The summed E-state index contributed by atoms with van der Waals surface area (Å²) in [6.07, 6.45) is 0. The first-order valence-corrected chi connectivity index (χ1v) is 6.63. The smallest absolute Gasteiger partial charge is 0.268 e. The summed E-state index contributed by atoms with van der Waals surface area (Å²) >= 11 is 4.76. The molecular formula is C12H11BrN2OS. The zero-order chi connectivity index (χ0) is 12.4. The van der Waals surface area contributed by atoms with Gasteiger partial charge in [0.15, 0.2) is 0 Å². The monoisotopic (exact) mass is 310 g/mol. The fourth-order valence-electron chi connectivity index (χ4n) is 1.51. The van der Waals surface area contributed by atoms with Crippen molar-refractivity contribution in [1.29, 1.82) is 0 Å². The van der Waals surface area contributed by atoms with Crippen molar-refractivity contribution in [3.8, 4) is 0 Å². The van der Waals surface area contributed by atoms with Crippen LogP contribution in [0, 0.1) is 0 Å². The Labute approximate surface area is 112 Å². The van der Waals surface area contributed by atoms with Crippen LogP contribution in [0.25, 0.3) is 0 Å². The highest BCUT2D eigenvalue weighted by Crippen LogP contribution is 2.27. The second-order valence-corrected chi connectivity index (χ2v) is 5.41. The van der Waals surface area contributed by atoms with Gasteiger partial charge >= 0.3 is 0 Å². The van der Waals surface area contributed by atoms with E-state index in [1.54, 1.807) is 24.1 Å². The molecule has 0 saturated carbocycles. The number of benzene rings is 1.